The second kappa shape index (κ2) is 5.75. The van der Waals surface area contributed by atoms with E-state index in [1.165, 1.54) is 6.33 Å². The molecule has 0 aliphatic rings. The van der Waals surface area contributed by atoms with Gasteiger partial charge in [0.25, 0.3) is 5.56 Å². The van der Waals surface area contributed by atoms with Crippen LogP contribution in [-0.4, -0.2) is 9.97 Å². The Hall–Kier alpha value is -1.33. The summed E-state index contributed by atoms with van der Waals surface area (Å²) >= 11 is 9.29. The van der Waals surface area contributed by atoms with Crippen LogP contribution in [0.25, 0.3) is 0 Å². The number of rotatable bonds is 3. The molecule has 1 aromatic carbocycles. The number of aromatic nitrogens is 2. The van der Waals surface area contributed by atoms with Gasteiger partial charge in [-0.25, -0.2) is 4.98 Å². The summed E-state index contributed by atoms with van der Waals surface area (Å²) in [7, 11) is 0. The van der Waals surface area contributed by atoms with Crippen molar-refractivity contribution in [2.75, 3.05) is 0 Å². The molecular formula is C13H12BrClN2O2. The molecule has 0 aliphatic carbocycles. The summed E-state index contributed by atoms with van der Waals surface area (Å²) in [5, 5.41) is -0.0554. The van der Waals surface area contributed by atoms with Crippen LogP contribution in [0.5, 0.6) is 11.6 Å². The first-order valence-electron chi connectivity index (χ1n) is 5.69. The van der Waals surface area contributed by atoms with Crippen LogP contribution in [0, 0.1) is 0 Å². The average Bonchev–Trinajstić information content (AvgIpc) is 2.36. The summed E-state index contributed by atoms with van der Waals surface area (Å²) < 4.78 is 6.62. The first kappa shape index (κ1) is 14.1. The van der Waals surface area contributed by atoms with E-state index in [9.17, 15) is 4.79 Å². The number of nitrogens with one attached hydrogen (secondary N) is 1. The maximum atomic E-state index is 11.4. The molecule has 0 amide bonds. The molecule has 0 unspecified atom stereocenters. The number of aromatic amines is 1. The molecule has 0 aliphatic heterocycles. The number of hydrogen-bond donors (Lipinski definition) is 1. The second-order valence-corrected chi connectivity index (χ2v) is 5.58. The molecule has 19 heavy (non-hydrogen) atoms. The molecule has 1 heterocycles. The van der Waals surface area contributed by atoms with Crippen molar-refractivity contribution in [1.29, 1.82) is 0 Å². The Balaban J connectivity index is 2.44. The monoisotopic (exact) mass is 342 g/mol. The van der Waals surface area contributed by atoms with Gasteiger partial charge in [-0.3, -0.25) is 4.79 Å². The third-order valence-corrected chi connectivity index (χ3v) is 3.39. The van der Waals surface area contributed by atoms with Crippen molar-refractivity contribution >= 4 is 27.5 Å². The third kappa shape index (κ3) is 3.16. The number of ether oxygens (including phenoxy) is 1. The highest BCUT2D eigenvalue weighted by atomic mass is 79.9. The van der Waals surface area contributed by atoms with Crippen molar-refractivity contribution in [3.05, 3.63) is 49.9 Å². The van der Waals surface area contributed by atoms with Gasteiger partial charge in [-0.2, -0.15) is 0 Å². The van der Waals surface area contributed by atoms with Gasteiger partial charge in [0.05, 0.1) is 6.33 Å². The van der Waals surface area contributed by atoms with Gasteiger partial charge < -0.3 is 9.72 Å². The molecule has 100 valence electrons. The SMILES string of the molecule is CC(C)c1cc(Br)ccc1Oc1nc[nH]c(=O)c1Cl. The van der Waals surface area contributed by atoms with E-state index in [0.29, 0.717) is 5.75 Å². The lowest BCUT2D eigenvalue weighted by molar-refractivity contribution is 0.452. The predicted molar refractivity (Wildman–Crippen MR) is 78.2 cm³/mol. The Morgan fingerprint density at radius 3 is 2.84 bits per heavy atom. The van der Waals surface area contributed by atoms with Crippen molar-refractivity contribution in [1.82, 2.24) is 9.97 Å². The van der Waals surface area contributed by atoms with Crippen molar-refractivity contribution in [2.45, 2.75) is 19.8 Å². The molecule has 2 rings (SSSR count). The minimum absolute atomic E-state index is 0.0554. The van der Waals surface area contributed by atoms with Gasteiger partial charge in [0, 0.05) is 4.47 Å². The van der Waals surface area contributed by atoms with Crippen molar-refractivity contribution in [3.8, 4) is 11.6 Å². The van der Waals surface area contributed by atoms with E-state index in [2.05, 4.69) is 39.7 Å². The van der Waals surface area contributed by atoms with Gasteiger partial charge >= 0.3 is 0 Å². The topological polar surface area (TPSA) is 55.0 Å². The Labute approximate surface area is 123 Å². The lowest BCUT2D eigenvalue weighted by Gasteiger charge is -2.13. The highest BCUT2D eigenvalue weighted by Crippen LogP contribution is 2.33. The normalized spacial score (nSPS) is 10.8. The molecule has 1 N–H and O–H groups in total. The summed E-state index contributed by atoms with van der Waals surface area (Å²) in [5.41, 5.74) is 0.586. The van der Waals surface area contributed by atoms with Crippen molar-refractivity contribution in [2.24, 2.45) is 0 Å². The van der Waals surface area contributed by atoms with Crippen LogP contribution < -0.4 is 10.3 Å². The van der Waals surface area contributed by atoms with Crippen LogP contribution in [0.15, 0.2) is 33.8 Å². The van der Waals surface area contributed by atoms with E-state index in [-0.39, 0.29) is 16.8 Å². The summed E-state index contributed by atoms with van der Waals surface area (Å²) in [6.45, 7) is 4.11. The largest absolute Gasteiger partial charge is 0.437 e. The number of halogens is 2. The fourth-order valence-electron chi connectivity index (χ4n) is 1.61. The van der Waals surface area contributed by atoms with E-state index < -0.39 is 5.56 Å². The molecule has 4 nitrogen and oxygen atoms in total. The lowest BCUT2D eigenvalue weighted by atomic mass is 10.0. The van der Waals surface area contributed by atoms with Crippen LogP contribution in [0.2, 0.25) is 5.02 Å². The fourth-order valence-corrected chi connectivity index (χ4v) is 2.13. The molecule has 0 saturated carbocycles. The summed E-state index contributed by atoms with van der Waals surface area (Å²) in [6, 6.07) is 5.65. The van der Waals surface area contributed by atoms with Gasteiger partial charge in [-0.15, -0.1) is 0 Å². The highest BCUT2D eigenvalue weighted by molar-refractivity contribution is 9.10. The van der Waals surface area contributed by atoms with E-state index in [1.807, 2.05) is 18.2 Å². The van der Waals surface area contributed by atoms with Gasteiger partial charge in [0.1, 0.15) is 5.75 Å². The standard InChI is InChI=1S/C13H12BrClN2O2/c1-7(2)9-5-8(14)3-4-10(9)19-13-11(15)12(18)16-6-17-13/h3-7H,1-2H3,(H,16,17,18). The summed E-state index contributed by atoms with van der Waals surface area (Å²) in [4.78, 5) is 17.7. The fraction of sp³-hybridized carbons (Fsp3) is 0.231. The number of H-pyrrole nitrogens is 1. The zero-order valence-corrected chi connectivity index (χ0v) is 12.7. The van der Waals surface area contributed by atoms with E-state index in [1.54, 1.807) is 0 Å². The van der Waals surface area contributed by atoms with Gasteiger partial charge in [-0.1, -0.05) is 41.4 Å². The molecular weight excluding hydrogens is 332 g/mol. The van der Waals surface area contributed by atoms with Crippen LogP contribution in [0.3, 0.4) is 0 Å². The molecule has 0 spiro atoms. The van der Waals surface area contributed by atoms with Gasteiger partial charge in [0.15, 0.2) is 5.02 Å². The lowest BCUT2D eigenvalue weighted by Crippen LogP contribution is -2.08. The maximum absolute atomic E-state index is 11.4. The minimum Gasteiger partial charge on any atom is -0.437 e. The molecule has 0 atom stereocenters. The van der Waals surface area contributed by atoms with Crippen LogP contribution in [0.1, 0.15) is 25.3 Å². The predicted octanol–water partition coefficient (Wildman–Crippen LogP) is 4.10. The number of nitrogens with zero attached hydrogens (tertiary/aromatic N) is 1. The minimum atomic E-state index is -0.421. The van der Waals surface area contributed by atoms with E-state index in [0.717, 1.165) is 10.0 Å². The van der Waals surface area contributed by atoms with Gasteiger partial charge in [0.2, 0.25) is 5.88 Å². The van der Waals surface area contributed by atoms with Gasteiger partial charge in [-0.05, 0) is 29.7 Å². The van der Waals surface area contributed by atoms with Crippen LogP contribution >= 0.6 is 27.5 Å². The van der Waals surface area contributed by atoms with Crippen molar-refractivity contribution in [3.63, 3.8) is 0 Å². The number of benzene rings is 1. The molecule has 0 radical (unpaired) electrons. The zero-order chi connectivity index (χ0) is 14.0. The maximum Gasteiger partial charge on any atom is 0.273 e. The summed E-state index contributed by atoms with van der Waals surface area (Å²) in [5.74, 6) is 1.01. The first-order valence-corrected chi connectivity index (χ1v) is 6.86. The average molecular weight is 344 g/mol. The Kier molecular flexibility index (Phi) is 4.27. The van der Waals surface area contributed by atoms with Crippen LogP contribution in [-0.2, 0) is 0 Å². The number of hydrogen-bond acceptors (Lipinski definition) is 3. The first-order chi connectivity index (χ1) is 8.99. The van der Waals surface area contributed by atoms with Crippen LogP contribution in [0.4, 0.5) is 0 Å². The molecule has 2 aromatic rings. The Morgan fingerprint density at radius 2 is 2.16 bits per heavy atom. The molecule has 6 heteroatoms. The third-order valence-electron chi connectivity index (χ3n) is 2.57. The van der Waals surface area contributed by atoms with E-state index >= 15 is 0 Å². The Bertz CT molecular complexity index is 655. The Morgan fingerprint density at radius 1 is 1.42 bits per heavy atom. The quantitative estimate of drug-likeness (QED) is 0.912. The molecule has 0 saturated heterocycles. The smallest absolute Gasteiger partial charge is 0.273 e. The zero-order valence-electron chi connectivity index (χ0n) is 10.4. The molecule has 0 bridgehead atoms. The van der Waals surface area contributed by atoms with Crippen molar-refractivity contribution < 1.29 is 4.74 Å². The highest BCUT2D eigenvalue weighted by Gasteiger charge is 2.13. The summed E-state index contributed by atoms with van der Waals surface area (Å²) in [6.07, 6.45) is 1.26. The molecule has 1 aromatic heterocycles. The second-order valence-electron chi connectivity index (χ2n) is 4.29. The molecule has 0 fully saturated rings. The van der Waals surface area contributed by atoms with E-state index in [4.69, 9.17) is 16.3 Å².